The Bertz CT molecular complexity index is 824. The predicted octanol–water partition coefficient (Wildman–Crippen LogP) is 13.5. The first-order chi connectivity index (χ1) is 26.1. The molecule has 0 radical (unpaired) electrons. The third kappa shape index (κ3) is 38.6. The quantitative estimate of drug-likeness (QED) is 0.0370. The van der Waals surface area contributed by atoms with Crippen molar-refractivity contribution in [3.63, 3.8) is 0 Å². The standard InChI is InChI=1S/C48H91NO4/c1-3-5-7-9-11-13-15-17-19-20-21-22-23-24-25-26-27-28-29-31-33-35-37-39-41-43-47(52)49-45(44-50)48(53)46(51)42-40-38-36-34-32-30-18-16-14-12-10-8-6-4-2/h21-22,24-25,34,36,45-46,48,50-51,53H,3-20,23,26-33,35,37-44H2,1-2H3,(H,49,52)/b22-21-,25-24-,36-34+. The van der Waals surface area contributed by atoms with Crippen molar-refractivity contribution in [2.75, 3.05) is 6.61 Å². The Morgan fingerprint density at radius 2 is 0.811 bits per heavy atom. The maximum Gasteiger partial charge on any atom is 0.220 e. The lowest BCUT2D eigenvalue weighted by Crippen LogP contribution is -2.50. The SMILES string of the molecule is CCCCCCCCCCC/C=C\C/C=C\CCCCCCCCCCCC(=O)NC(CO)C(O)C(O)CCC/C=C/CCCCCCCCCCC. The third-order valence-electron chi connectivity index (χ3n) is 10.7. The molecule has 3 atom stereocenters. The van der Waals surface area contributed by atoms with Gasteiger partial charge in [-0.2, -0.15) is 0 Å². The Labute approximate surface area is 330 Å². The van der Waals surface area contributed by atoms with Gasteiger partial charge in [0.1, 0.15) is 6.10 Å². The largest absolute Gasteiger partial charge is 0.394 e. The monoisotopic (exact) mass is 746 g/mol. The van der Waals surface area contributed by atoms with Crippen LogP contribution in [-0.4, -0.2) is 46.1 Å². The molecule has 4 N–H and O–H groups in total. The molecule has 0 saturated heterocycles. The molecule has 0 rings (SSSR count). The van der Waals surface area contributed by atoms with Crippen LogP contribution in [0.3, 0.4) is 0 Å². The van der Waals surface area contributed by atoms with Crippen molar-refractivity contribution in [3.8, 4) is 0 Å². The maximum absolute atomic E-state index is 12.4. The molecule has 0 aromatic carbocycles. The van der Waals surface area contributed by atoms with Crippen molar-refractivity contribution in [2.45, 2.75) is 257 Å². The number of nitrogens with one attached hydrogen (secondary N) is 1. The summed E-state index contributed by atoms with van der Waals surface area (Å²) >= 11 is 0. The first-order valence-corrected chi connectivity index (χ1v) is 23.3. The van der Waals surface area contributed by atoms with Crippen molar-refractivity contribution in [3.05, 3.63) is 36.5 Å². The van der Waals surface area contributed by atoms with Gasteiger partial charge in [0.05, 0.1) is 18.8 Å². The second-order valence-corrected chi connectivity index (χ2v) is 16.0. The van der Waals surface area contributed by atoms with Crippen molar-refractivity contribution in [1.82, 2.24) is 5.32 Å². The molecule has 0 aliphatic heterocycles. The van der Waals surface area contributed by atoms with Crippen LogP contribution in [-0.2, 0) is 4.79 Å². The van der Waals surface area contributed by atoms with E-state index < -0.39 is 18.2 Å². The molecule has 0 aromatic heterocycles. The van der Waals surface area contributed by atoms with Crippen LogP contribution in [0.2, 0.25) is 0 Å². The first kappa shape index (κ1) is 51.6. The normalized spacial score (nSPS) is 13.8. The number of carbonyl (C=O) groups is 1. The van der Waals surface area contributed by atoms with Crippen LogP contribution in [0.1, 0.15) is 239 Å². The van der Waals surface area contributed by atoms with Crippen LogP contribution in [0.15, 0.2) is 36.5 Å². The second kappa shape index (κ2) is 43.3. The van der Waals surface area contributed by atoms with E-state index in [1.54, 1.807) is 0 Å². The number of aliphatic hydroxyl groups excluding tert-OH is 3. The highest BCUT2D eigenvalue weighted by Crippen LogP contribution is 2.15. The molecule has 0 aliphatic rings. The molecule has 0 bridgehead atoms. The summed E-state index contributed by atoms with van der Waals surface area (Å²) in [6.07, 6.45) is 54.1. The summed E-state index contributed by atoms with van der Waals surface area (Å²) in [7, 11) is 0. The van der Waals surface area contributed by atoms with Crippen molar-refractivity contribution < 1.29 is 20.1 Å². The Morgan fingerprint density at radius 1 is 0.472 bits per heavy atom. The van der Waals surface area contributed by atoms with E-state index in [1.165, 1.54) is 167 Å². The zero-order valence-electron chi connectivity index (χ0n) is 35.4. The Kier molecular flexibility index (Phi) is 42.1. The van der Waals surface area contributed by atoms with Gasteiger partial charge in [0.2, 0.25) is 5.91 Å². The van der Waals surface area contributed by atoms with Gasteiger partial charge < -0.3 is 20.6 Å². The van der Waals surface area contributed by atoms with Crippen LogP contribution in [0.4, 0.5) is 0 Å². The molecular weight excluding hydrogens is 655 g/mol. The minimum Gasteiger partial charge on any atom is -0.394 e. The molecule has 0 aliphatic carbocycles. The van der Waals surface area contributed by atoms with Gasteiger partial charge in [-0.15, -0.1) is 0 Å². The van der Waals surface area contributed by atoms with Gasteiger partial charge in [-0.25, -0.2) is 0 Å². The summed E-state index contributed by atoms with van der Waals surface area (Å²) in [5.74, 6) is -0.158. The van der Waals surface area contributed by atoms with Crippen LogP contribution in [0, 0.1) is 0 Å². The van der Waals surface area contributed by atoms with E-state index in [2.05, 4.69) is 55.6 Å². The minimum absolute atomic E-state index is 0.158. The zero-order valence-corrected chi connectivity index (χ0v) is 35.4. The molecule has 0 saturated carbocycles. The smallest absolute Gasteiger partial charge is 0.220 e. The number of allylic oxidation sites excluding steroid dienone is 6. The van der Waals surface area contributed by atoms with Crippen molar-refractivity contribution in [1.29, 1.82) is 0 Å². The summed E-state index contributed by atoms with van der Waals surface area (Å²) in [5, 5.41) is 33.5. The molecule has 0 spiro atoms. The van der Waals surface area contributed by atoms with E-state index in [4.69, 9.17) is 0 Å². The van der Waals surface area contributed by atoms with E-state index in [0.717, 1.165) is 44.9 Å². The third-order valence-corrected chi connectivity index (χ3v) is 10.7. The number of hydrogen-bond acceptors (Lipinski definition) is 4. The summed E-state index contributed by atoms with van der Waals surface area (Å²) in [5.41, 5.74) is 0. The van der Waals surface area contributed by atoms with Gasteiger partial charge in [0, 0.05) is 6.42 Å². The molecule has 5 nitrogen and oxygen atoms in total. The maximum atomic E-state index is 12.4. The molecule has 53 heavy (non-hydrogen) atoms. The fourth-order valence-electron chi connectivity index (χ4n) is 7.08. The van der Waals surface area contributed by atoms with Gasteiger partial charge in [0.15, 0.2) is 0 Å². The molecule has 3 unspecified atom stereocenters. The van der Waals surface area contributed by atoms with Gasteiger partial charge in [0.25, 0.3) is 0 Å². The number of carbonyl (C=O) groups excluding carboxylic acids is 1. The number of hydrogen-bond donors (Lipinski definition) is 4. The number of rotatable bonds is 42. The van der Waals surface area contributed by atoms with Crippen molar-refractivity contribution >= 4 is 5.91 Å². The fraction of sp³-hybridized carbons (Fsp3) is 0.854. The minimum atomic E-state index is -1.16. The van der Waals surface area contributed by atoms with Crippen molar-refractivity contribution in [2.24, 2.45) is 0 Å². The first-order valence-electron chi connectivity index (χ1n) is 23.3. The van der Waals surface area contributed by atoms with E-state index in [1.807, 2.05) is 0 Å². The molecule has 5 heteroatoms. The van der Waals surface area contributed by atoms with Gasteiger partial charge in [-0.1, -0.05) is 198 Å². The molecular formula is C48H91NO4. The molecule has 312 valence electrons. The lowest BCUT2D eigenvalue weighted by molar-refractivity contribution is -0.124. The summed E-state index contributed by atoms with van der Waals surface area (Å²) in [6.45, 7) is 4.16. The number of unbranched alkanes of at least 4 members (excludes halogenated alkanes) is 28. The van der Waals surface area contributed by atoms with E-state index in [0.29, 0.717) is 12.8 Å². The number of aliphatic hydroxyl groups is 3. The highest BCUT2D eigenvalue weighted by Gasteiger charge is 2.26. The Balaban J connectivity index is 3.63. The molecule has 1 amide bonds. The summed E-state index contributed by atoms with van der Waals surface area (Å²) in [6, 6.07) is -0.828. The lowest BCUT2D eigenvalue weighted by Gasteiger charge is -2.26. The van der Waals surface area contributed by atoms with Gasteiger partial charge in [-0.3, -0.25) is 4.79 Å². The molecule has 0 heterocycles. The Hall–Kier alpha value is -1.43. The zero-order chi connectivity index (χ0) is 38.7. The van der Waals surface area contributed by atoms with Crippen LogP contribution >= 0.6 is 0 Å². The van der Waals surface area contributed by atoms with E-state index in [-0.39, 0.29) is 12.5 Å². The van der Waals surface area contributed by atoms with Gasteiger partial charge in [-0.05, 0) is 70.6 Å². The second-order valence-electron chi connectivity index (χ2n) is 16.0. The summed E-state index contributed by atoms with van der Waals surface area (Å²) in [4.78, 5) is 12.4. The van der Waals surface area contributed by atoms with Crippen LogP contribution in [0.5, 0.6) is 0 Å². The Morgan fingerprint density at radius 3 is 1.21 bits per heavy atom. The topological polar surface area (TPSA) is 89.8 Å². The molecule has 0 fully saturated rings. The average Bonchev–Trinajstić information content (AvgIpc) is 3.16. The fourth-order valence-corrected chi connectivity index (χ4v) is 7.08. The molecule has 0 aromatic rings. The van der Waals surface area contributed by atoms with Crippen LogP contribution in [0.25, 0.3) is 0 Å². The van der Waals surface area contributed by atoms with E-state index in [9.17, 15) is 20.1 Å². The van der Waals surface area contributed by atoms with E-state index >= 15 is 0 Å². The average molecular weight is 746 g/mol. The van der Waals surface area contributed by atoms with Crippen LogP contribution < -0.4 is 5.32 Å². The predicted molar refractivity (Wildman–Crippen MR) is 231 cm³/mol. The highest BCUT2D eigenvalue weighted by molar-refractivity contribution is 5.76. The van der Waals surface area contributed by atoms with Gasteiger partial charge >= 0.3 is 0 Å². The summed E-state index contributed by atoms with van der Waals surface area (Å²) < 4.78 is 0. The lowest BCUT2D eigenvalue weighted by atomic mass is 10.0. The highest BCUT2D eigenvalue weighted by atomic mass is 16.3. The number of amides is 1.